The molecule has 4 heteroatoms. The van der Waals surface area contributed by atoms with E-state index in [1.807, 2.05) is 11.3 Å². The lowest BCUT2D eigenvalue weighted by atomic mass is 9.85. The van der Waals surface area contributed by atoms with Gasteiger partial charge in [0.25, 0.3) is 0 Å². The molecule has 1 saturated carbocycles. The zero-order chi connectivity index (χ0) is 12.4. The van der Waals surface area contributed by atoms with E-state index in [0.29, 0.717) is 0 Å². The summed E-state index contributed by atoms with van der Waals surface area (Å²) in [6, 6.07) is 0.789. The predicted octanol–water partition coefficient (Wildman–Crippen LogP) is 3.02. The third-order valence-electron chi connectivity index (χ3n) is 4.35. The van der Waals surface area contributed by atoms with E-state index in [0.717, 1.165) is 25.0 Å². The Labute approximate surface area is 114 Å². The first-order valence-electron chi connectivity index (χ1n) is 7.30. The summed E-state index contributed by atoms with van der Waals surface area (Å²) in [6.07, 6.45) is 9.11. The summed E-state index contributed by atoms with van der Waals surface area (Å²) in [4.78, 5) is 8.60. The monoisotopic (exact) mass is 265 g/mol. The van der Waals surface area contributed by atoms with Crippen LogP contribution in [0.15, 0.2) is 6.20 Å². The lowest BCUT2D eigenvalue weighted by molar-refractivity contribution is 0.342. The Bertz CT molecular complexity index is 390. The molecule has 3 nitrogen and oxygen atoms in total. The largest absolute Gasteiger partial charge is 0.345 e. The molecule has 2 aliphatic rings. The van der Waals surface area contributed by atoms with E-state index in [9.17, 15) is 0 Å². The standard InChI is InChI=1S/C14H23N3S/c1-2-15-9-12-10-16-14(18-12)17-8-7-11-5-3-4-6-13(11)17/h10-11,13,15H,2-9H2,1H3. The fraction of sp³-hybridized carbons (Fsp3) is 0.786. The van der Waals surface area contributed by atoms with Crippen molar-refractivity contribution in [1.29, 1.82) is 0 Å². The average molecular weight is 265 g/mol. The van der Waals surface area contributed by atoms with Crippen LogP contribution in [0.4, 0.5) is 5.13 Å². The summed E-state index contributed by atoms with van der Waals surface area (Å²) < 4.78 is 0. The molecule has 0 spiro atoms. The first kappa shape index (κ1) is 12.4. The minimum Gasteiger partial charge on any atom is -0.345 e. The van der Waals surface area contributed by atoms with Gasteiger partial charge in [-0.1, -0.05) is 19.8 Å². The van der Waals surface area contributed by atoms with Crippen molar-refractivity contribution in [3.8, 4) is 0 Å². The Balaban J connectivity index is 1.68. The summed E-state index contributed by atoms with van der Waals surface area (Å²) >= 11 is 1.88. The van der Waals surface area contributed by atoms with Crippen LogP contribution >= 0.6 is 11.3 Å². The van der Waals surface area contributed by atoms with Gasteiger partial charge in [-0.05, 0) is 31.7 Å². The second kappa shape index (κ2) is 5.57. The van der Waals surface area contributed by atoms with Crippen molar-refractivity contribution < 1.29 is 0 Å². The van der Waals surface area contributed by atoms with Crippen molar-refractivity contribution in [2.24, 2.45) is 5.92 Å². The molecular weight excluding hydrogens is 242 g/mol. The molecule has 0 bridgehead atoms. The third-order valence-corrected chi connectivity index (χ3v) is 5.38. The predicted molar refractivity (Wildman–Crippen MR) is 77.2 cm³/mol. The molecule has 1 aromatic rings. The van der Waals surface area contributed by atoms with E-state index in [-0.39, 0.29) is 0 Å². The van der Waals surface area contributed by atoms with Crippen molar-refractivity contribution in [2.75, 3.05) is 18.0 Å². The second-order valence-corrected chi connectivity index (χ2v) is 6.58. The molecule has 2 heterocycles. The molecular formula is C14H23N3S. The van der Waals surface area contributed by atoms with Crippen LogP contribution in [0.5, 0.6) is 0 Å². The number of thiazole rings is 1. The molecule has 2 unspecified atom stereocenters. The molecule has 1 aliphatic carbocycles. The van der Waals surface area contributed by atoms with Gasteiger partial charge < -0.3 is 10.2 Å². The Kier molecular flexibility index (Phi) is 3.85. The first-order valence-corrected chi connectivity index (χ1v) is 8.12. The van der Waals surface area contributed by atoms with Gasteiger partial charge in [0.1, 0.15) is 0 Å². The molecule has 18 heavy (non-hydrogen) atoms. The zero-order valence-electron chi connectivity index (χ0n) is 11.2. The average Bonchev–Trinajstić information content (AvgIpc) is 3.02. The van der Waals surface area contributed by atoms with Crippen LogP contribution in [0, 0.1) is 5.92 Å². The summed E-state index contributed by atoms with van der Waals surface area (Å²) in [6.45, 7) is 5.37. The quantitative estimate of drug-likeness (QED) is 0.907. The second-order valence-electron chi connectivity index (χ2n) is 5.48. The van der Waals surface area contributed by atoms with Gasteiger partial charge in [-0.25, -0.2) is 4.98 Å². The van der Waals surface area contributed by atoms with E-state index in [1.165, 1.54) is 48.7 Å². The maximum absolute atomic E-state index is 4.65. The Morgan fingerprint density at radius 1 is 1.39 bits per heavy atom. The number of hydrogen-bond acceptors (Lipinski definition) is 4. The van der Waals surface area contributed by atoms with E-state index in [4.69, 9.17) is 0 Å². The number of aromatic nitrogens is 1. The molecule has 1 saturated heterocycles. The normalized spacial score (nSPS) is 27.5. The molecule has 1 aliphatic heterocycles. The van der Waals surface area contributed by atoms with Crippen LogP contribution in [0.2, 0.25) is 0 Å². The number of nitrogens with zero attached hydrogens (tertiary/aromatic N) is 2. The molecule has 0 radical (unpaired) electrons. The van der Waals surface area contributed by atoms with E-state index in [2.05, 4.69) is 28.3 Å². The minimum absolute atomic E-state index is 0.789. The number of rotatable bonds is 4. The lowest BCUT2D eigenvalue weighted by Gasteiger charge is -2.31. The lowest BCUT2D eigenvalue weighted by Crippen LogP contribution is -2.34. The van der Waals surface area contributed by atoms with Gasteiger partial charge in [0, 0.05) is 30.2 Å². The molecule has 2 atom stereocenters. The van der Waals surface area contributed by atoms with Crippen molar-refractivity contribution in [3.05, 3.63) is 11.1 Å². The van der Waals surface area contributed by atoms with Crippen molar-refractivity contribution in [2.45, 2.75) is 51.6 Å². The number of fused-ring (bicyclic) bond motifs is 1. The summed E-state index contributed by atoms with van der Waals surface area (Å²) in [5.74, 6) is 0.944. The van der Waals surface area contributed by atoms with Gasteiger partial charge in [0.05, 0.1) is 0 Å². The van der Waals surface area contributed by atoms with Crippen molar-refractivity contribution >= 4 is 16.5 Å². The first-order chi connectivity index (χ1) is 8.88. The van der Waals surface area contributed by atoms with E-state index < -0.39 is 0 Å². The molecule has 100 valence electrons. The summed E-state index contributed by atoms with van der Waals surface area (Å²) in [5.41, 5.74) is 0. The van der Waals surface area contributed by atoms with E-state index in [1.54, 1.807) is 0 Å². The molecule has 0 amide bonds. The van der Waals surface area contributed by atoms with Crippen LogP contribution in [-0.4, -0.2) is 24.1 Å². The Morgan fingerprint density at radius 2 is 2.28 bits per heavy atom. The maximum atomic E-state index is 4.65. The van der Waals surface area contributed by atoms with Gasteiger partial charge in [-0.2, -0.15) is 0 Å². The third kappa shape index (κ3) is 2.41. The highest BCUT2D eigenvalue weighted by molar-refractivity contribution is 7.15. The summed E-state index contributed by atoms with van der Waals surface area (Å²) in [5, 5.41) is 4.64. The van der Waals surface area contributed by atoms with Crippen molar-refractivity contribution in [3.63, 3.8) is 0 Å². The fourth-order valence-electron chi connectivity index (χ4n) is 3.40. The molecule has 1 N–H and O–H groups in total. The minimum atomic E-state index is 0.789. The van der Waals surface area contributed by atoms with Crippen LogP contribution in [-0.2, 0) is 6.54 Å². The molecule has 3 rings (SSSR count). The smallest absolute Gasteiger partial charge is 0.185 e. The van der Waals surface area contributed by atoms with Crippen LogP contribution in [0.25, 0.3) is 0 Å². The van der Waals surface area contributed by atoms with Crippen LogP contribution in [0.1, 0.15) is 43.9 Å². The van der Waals surface area contributed by atoms with Gasteiger partial charge in [-0.3, -0.25) is 0 Å². The van der Waals surface area contributed by atoms with Gasteiger partial charge in [-0.15, -0.1) is 11.3 Å². The number of hydrogen-bond donors (Lipinski definition) is 1. The fourth-order valence-corrected chi connectivity index (χ4v) is 4.37. The Morgan fingerprint density at radius 3 is 3.17 bits per heavy atom. The number of anilines is 1. The van der Waals surface area contributed by atoms with Gasteiger partial charge >= 0.3 is 0 Å². The molecule has 2 fully saturated rings. The highest BCUT2D eigenvalue weighted by atomic mass is 32.1. The topological polar surface area (TPSA) is 28.2 Å². The zero-order valence-corrected chi connectivity index (χ0v) is 12.0. The molecule has 0 aromatic carbocycles. The number of nitrogens with one attached hydrogen (secondary N) is 1. The van der Waals surface area contributed by atoms with Gasteiger partial charge in [0.2, 0.25) is 0 Å². The highest BCUT2D eigenvalue weighted by Gasteiger charge is 2.36. The Hall–Kier alpha value is -0.610. The SMILES string of the molecule is CCNCc1cnc(N2CCC3CCCCC32)s1. The summed E-state index contributed by atoms with van der Waals surface area (Å²) in [7, 11) is 0. The van der Waals surface area contributed by atoms with Gasteiger partial charge in [0.15, 0.2) is 5.13 Å². The van der Waals surface area contributed by atoms with Crippen molar-refractivity contribution in [1.82, 2.24) is 10.3 Å². The van der Waals surface area contributed by atoms with Crippen LogP contribution < -0.4 is 10.2 Å². The van der Waals surface area contributed by atoms with E-state index >= 15 is 0 Å². The molecule has 1 aromatic heterocycles. The van der Waals surface area contributed by atoms with Crippen LogP contribution in [0.3, 0.4) is 0 Å². The highest BCUT2D eigenvalue weighted by Crippen LogP contribution is 2.39. The maximum Gasteiger partial charge on any atom is 0.185 e.